The van der Waals surface area contributed by atoms with Crippen LogP contribution >= 0.6 is 0 Å². The highest BCUT2D eigenvalue weighted by molar-refractivity contribution is 6.04. The number of carbonyl (C=O) groups is 2. The second kappa shape index (κ2) is 14.7. The molecule has 212 valence electrons. The van der Waals surface area contributed by atoms with Crippen LogP contribution in [0.3, 0.4) is 0 Å². The van der Waals surface area contributed by atoms with Gasteiger partial charge in [0.15, 0.2) is 0 Å². The number of anilines is 1. The van der Waals surface area contributed by atoms with Gasteiger partial charge < -0.3 is 25.0 Å². The summed E-state index contributed by atoms with van der Waals surface area (Å²) in [7, 11) is 7.94. The zero-order valence-electron chi connectivity index (χ0n) is 22.6. The summed E-state index contributed by atoms with van der Waals surface area (Å²) < 4.78 is 37.3. The number of aliphatic carboxylic acids is 1. The van der Waals surface area contributed by atoms with E-state index in [1.807, 2.05) is 36.4 Å². The van der Waals surface area contributed by atoms with Crippen LogP contribution in [0.1, 0.15) is 21.5 Å². The predicted molar refractivity (Wildman–Crippen MR) is 146 cm³/mol. The fourth-order valence-corrected chi connectivity index (χ4v) is 3.53. The van der Waals surface area contributed by atoms with Crippen molar-refractivity contribution < 1.29 is 32.6 Å². The molecule has 0 spiro atoms. The number of rotatable bonds is 9. The Hall–Kier alpha value is -4.40. The number of nitrogens with one attached hydrogen (secondary N) is 1. The van der Waals surface area contributed by atoms with Gasteiger partial charge in [-0.05, 0) is 74.7 Å². The number of alkyl halides is 3. The molecule has 0 saturated heterocycles. The van der Waals surface area contributed by atoms with Crippen LogP contribution in [-0.4, -0.2) is 74.3 Å². The van der Waals surface area contributed by atoms with Crippen LogP contribution in [0.2, 0.25) is 0 Å². The number of ether oxygens (including phenoxy) is 1. The molecule has 0 aliphatic carbocycles. The molecule has 3 aromatic carbocycles. The highest BCUT2D eigenvalue weighted by Crippen LogP contribution is 2.29. The van der Waals surface area contributed by atoms with E-state index >= 15 is 0 Å². The van der Waals surface area contributed by atoms with E-state index < -0.39 is 12.1 Å². The van der Waals surface area contributed by atoms with E-state index in [-0.39, 0.29) is 5.91 Å². The van der Waals surface area contributed by atoms with Gasteiger partial charge in [-0.25, -0.2) is 4.79 Å². The molecule has 0 aliphatic rings. The van der Waals surface area contributed by atoms with Gasteiger partial charge in [0.2, 0.25) is 0 Å². The maximum atomic E-state index is 12.7. The predicted octanol–water partition coefficient (Wildman–Crippen LogP) is 5.11. The van der Waals surface area contributed by atoms with Crippen LogP contribution in [0.25, 0.3) is 11.1 Å². The summed E-state index contributed by atoms with van der Waals surface area (Å²) in [6.07, 6.45) is -5.08. The average Bonchev–Trinajstić information content (AvgIpc) is 2.92. The van der Waals surface area contributed by atoms with E-state index in [0.29, 0.717) is 16.8 Å². The Balaban J connectivity index is 0.000000708. The fourth-order valence-electron chi connectivity index (χ4n) is 3.53. The minimum absolute atomic E-state index is 0.248. The lowest BCUT2D eigenvalue weighted by atomic mass is 10.0. The van der Waals surface area contributed by atoms with E-state index in [2.05, 4.69) is 48.4 Å². The quantitative estimate of drug-likeness (QED) is 0.377. The van der Waals surface area contributed by atoms with E-state index in [1.165, 1.54) is 0 Å². The molecule has 3 aromatic rings. The first kappa shape index (κ1) is 31.8. The maximum absolute atomic E-state index is 12.7. The molecule has 0 unspecified atom stereocenters. The highest BCUT2D eigenvalue weighted by atomic mass is 19.4. The molecule has 0 aliphatic heterocycles. The SMILES string of the molecule is COc1ccc(-c2cccc(NC(=O)c3cccc(C#N)c3)c2)cc1CN(C)CCN(C)C.O=C(O)C(F)(F)F. The monoisotopic (exact) mass is 556 g/mol. The molecule has 0 fully saturated rings. The molecule has 0 saturated carbocycles. The Morgan fingerprint density at radius 2 is 1.62 bits per heavy atom. The number of amides is 1. The van der Waals surface area contributed by atoms with Gasteiger partial charge in [0.05, 0.1) is 18.7 Å². The van der Waals surface area contributed by atoms with Crippen molar-refractivity contribution in [3.8, 4) is 22.9 Å². The number of nitriles is 1. The van der Waals surface area contributed by atoms with Gasteiger partial charge in [-0.2, -0.15) is 18.4 Å². The van der Waals surface area contributed by atoms with Gasteiger partial charge in [-0.15, -0.1) is 0 Å². The number of carboxylic acid groups (broad SMARTS) is 1. The lowest BCUT2D eigenvalue weighted by molar-refractivity contribution is -0.192. The first-order valence-electron chi connectivity index (χ1n) is 12.1. The Kier molecular flexibility index (Phi) is 11.7. The van der Waals surface area contributed by atoms with Crippen LogP contribution in [0.15, 0.2) is 66.7 Å². The van der Waals surface area contributed by atoms with E-state index in [0.717, 1.165) is 42.1 Å². The van der Waals surface area contributed by atoms with Crippen LogP contribution in [0, 0.1) is 11.3 Å². The van der Waals surface area contributed by atoms with Crippen molar-refractivity contribution in [3.05, 3.63) is 83.4 Å². The van der Waals surface area contributed by atoms with Crippen LogP contribution in [-0.2, 0) is 11.3 Å². The third kappa shape index (κ3) is 10.1. The van der Waals surface area contributed by atoms with Gasteiger partial charge >= 0.3 is 12.1 Å². The highest BCUT2D eigenvalue weighted by Gasteiger charge is 2.38. The molecule has 0 heterocycles. The molecular weight excluding hydrogens is 525 g/mol. The minimum atomic E-state index is -5.08. The number of methoxy groups -OCH3 is 1. The van der Waals surface area contributed by atoms with Gasteiger partial charge in [0.1, 0.15) is 5.75 Å². The van der Waals surface area contributed by atoms with Crippen molar-refractivity contribution in [2.24, 2.45) is 0 Å². The van der Waals surface area contributed by atoms with Crippen molar-refractivity contribution in [1.82, 2.24) is 9.80 Å². The summed E-state index contributed by atoms with van der Waals surface area (Å²) in [4.78, 5) is 26.0. The molecule has 0 bridgehead atoms. The van der Waals surface area contributed by atoms with Gasteiger partial charge in [0.25, 0.3) is 5.91 Å². The van der Waals surface area contributed by atoms with Crippen LogP contribution in [0.5, 0.6) is 5.75 Å². The summed E-state index contributed by atoms with van der Waals surface area (Å²) in [6.45, 7) is 2.71. The Labute approximate surface area is 231 Å². The normalized spacial score (nSPS) is 10.9. The lowest BCUT2D eigenvalue weighted by Crippen LogP contribution is -2.28. The first-order chi connectivity index (χ1) is 18.8. The fraction of sp³-hybridized carbons (Fsp3) is 0.276. The first-order valence-corrected chi connectivity index (χ1v) is 12.1. The summed E-state index contributed by atoms with van der Waals surface area (Å²) in [5.74, 6) is -2.15. The maximum Gasteiger partial charge on any atom is 0.490 e. The standard InChI is InChI=1S/C27H30N4O2.C2HF3O2/c1-30(2)13-14-31(3)19-24-16-22(11-12-26(24)33-4)21-8-6-10-25(17-21)29-27(32)23-9-5-7-20(15-23)18-28;3-2(4,5)1(6)7/h5-12,15-17H,13-14,19H2,1-4H3,(H,29,32);(H,6,7). The van der Waals surface area contributed by atoms with Gasteiger partial charge in [-0.1, -0.05) is 24.3 Å². The number of halogens is 3. The average molecular weight is 557 g/mol. The molecule has 40 heavy (non-hydrogen) atoms. The molecule has 2 N–H and O–H groups in total. The zero-order valence-corrected chi connectivity index (χ0v) is 22.6. The number of carbonyl (C=O) groups excluding carboxylic acids is 1. The van der Waals surface area contributed by atoms with Crippen molar-refractivity contribution in [3.63, 3.8) is 0 Å². The van der Waals surface area contributed by atoms with Gasteiger partial charge in [0, 0.05) is 36.4 Å². The lowest BCUT2D eigenvalue weighted by Gasteiger charge is -2.21. The van der Waals surface area contributed by atoms with Crippen molar-refractivity contribution in [2.75, 3.05) is 46.7 Å². The third-order valence-corrected chi connectivity index (χ3v) is 5.60. The number of carboxylic acids is 1. The smallest absolute Gasteiger partial charge is 0.490 e. The van der Waals surface area contributed by atoms with E-state index in [9.17, 15) is 18.0 Å². The summed E-state index contributed by atoms with van der Waals surface area (Å²) in [6, 6.07) is 22.6. The minimum Gasteiger partial charge on any atom is -0.496 e. The van der Waals surface area contributed by atoms with Gasteiger partial charge in [-0.3, -0.25) is 4.79 Å². The number of nitrogens with zero attached hydrogens (tertiary/aromatic N) is 3. The number of likely N-dealkylation sites (N-methyl/N-ethyl adjacent to an activating group) is 2. The second-order valence-electron chi connectivity index (χ2n) is 9.10. The number of benzene rings is 3. The van der Waals surface area contributed by atoms with Crippen molar-refractivity contribution in [2.45, 2.75) is 12.7 Å². The van der Waals surface area contributed by atoms with E-state index in [4.69, 9.17) is 19.9 Å². The molecule has 1 amide bonds. The summed E-state index contributed by atoms with van der Waals surface area (Å²) in [5, 5.41) is 19.1. The number of hydrogen-bond donors (Lipinski definition) is 2. The number of hydrogen-bond acceptors (Lipinski definition) is 6. The van der Waals surface area contributed by atoms with Crippen molar-refractivity contribution in [1.29, 1.82) is 5.26 Å². The van der Waals surface area contributed by atoms with Crippen LogP contribution < -0.4 is 10.1 Å². The zero-order chi connectivity index (χ0) is 29.9. The molecule has 11 heteroatoms. The Bertz CT molecular complexity index is 1350. The Morgan fingerprint density at radius 3 is 2.23 bits per heavy atom. The van der Waals surface area contributed by atoms with Crippen molar-refractivity contribution >= 4 is 17.6 Å². The Morgan fingerprint density at radius 1 is 0.975 bits per heavy atom. The summed E-state index contributed by atoms with van der Waals surface area (Å²) in [5.41, 5.74) is 4.76. The van der Waals surface area contributed by atoms with E-state index in [1.54, 1.807) is 31.4 Å². The summed E-state index contributed by atoms with van der Waals surface area (Å²) >= 11 is 0. The second-order valence-corrected chi connectivity index (χ2v) is 9.10. The third-order valence-electron chi connectivity index (χ3n) is 5.60. The molecule has 0 aromatic heterocycles. The molecule has 3 rings (SSSR count). The molecule has 0 atom stereocenters. The topological polar surface area (TPSA) is 106 Å². The van der Waals surface area contributed by atoms with Crippen LogP contribution in [0.4, 0.5) is 18.9 Å². The molecular formula is C29H31F3N4O4. The molecule has 0 radical (unpaired) electrons. The molecule has 8 nitrogen and oxygen atoms in total. The largest absolute Gasteiger partial charge is 0.496 e.